The number of benzene rings is 2. The summed E-state index contributed by atoms with van der Waals surface area (Å²) in [6, 6.07) is 16.6. The van der Waals surface area contributed by atoms with Crippen LogP contribution in [-0.2, 0) is 14.9 Å². The summed E-state index contributed by atoms with van der Waals surface area (Å²) in [5.74, 6) is 1.05. The van der Waals surface area contributed by atoms with Crippen LogP contribution in [0.5, 0.6) is 5.75 Å². The molecule has 2 aromatic carbocycles. The number of ether oxygens (including phenoxy) is 2. The quantitative estimate of drug-likeness (QED) is 0.736. The second kappa shape index (κ2) is 9.45. The molecule has 0 unspecified atom stereocenters. The van der Waals surface area contributed by atoms with Crippen LogP contribution in [0.3, 0.4) is 0 Å². The van der Waals surface area contributed by atoms with E-state index in [-0.39, 0.29) is 11.3 Å². The Morgan fingerprint density at radius 1 is 1.10 bits per heavy atom. The van der Waals surface area contributed by atoms with Crippen LogP contribution in [0.15, 0.2) is 48.5 Å². The van der Waals surface area contributed by atoms with Crippen LogP contribution in [0.25, 0.3) is 0 Å². The van der Waals surface area contributed by atoms with Crippen molar-refractivity contribution in [2.24, 2.45) is 0 Å². The van der Waals surface area contributed by atoms with Gasteiger partial charge in [0, 0.05) is 25.2 Å². The number of aryl methyl sites for hydroxylation is 1. The molecule has 1 fully saturated rings. The van der Waals surface area contributed by atoms with Crippen LogP contribution in [0, 0.1) is 6.92 Å². The number of nitrogens with one attached hydrogen (secondary N) is 1. The Bertz CT molecular complexity index is 810. The molecular formula is C25H33NO3. The van der Waals surface area contributed by atoms with Crippen LogP contribution in [0.4, 0.5) is 0 Å². The lowest BCUT2D eigenvalue weighted by Crippen LogP contribution is -2.47. The molecule has 1 amide bonds. The highest BCUT2D eigenvalue weighted by molar-refractivity contribution is 5.80. The van der Waals surface area contributed by atoms with Crippen molar-refractivity contribution in [2.45, 2.75) is 58.0 Å². The van der Waals surface area contributed by atoms with Crippen LogP contribution < -0.4 is 10.1 Å². The Hall–Kier alpha value is -2.33. The highest BCUT2D eigenvalue weighted by Crippen LogP contribution is 2.34. The smallest absolute Gasteiger partial charge is 0.260 e. The van der Waals surface area contributed by atoms with Crippen LogP contribution in [0.1, 0.15) is 56.2 Å². The minimum atomic E-state index is -0.554. The molecular weight excluding hydrogens is 362 g/mol. The highest BCUT2D eigenvalue weighted by Gasteiger charge is 2.35. The fourth-order valence-electron chi connectivity index (χ4n) is 3.99. The van der Waals surface area contributed by atoms with Crippen molar-refractivity contribution in [3.8, 4) is 5.75 Å². The number of carbonyl (C=O) groups excluding carboxylic acids is 1. The van der Waals surface area contributed by atoms with E-state index in [0.29, 0.717) is 12.5 Å². The number of hydrogen-bond acceptors (Lipinski definition) is 3. The maximum atomic E-state index is 12.9. The van der Waals surface area contributed by atoms with Crippen LogP contribution in [-0.4, -0.2) is 31.8 Å². The van der Waals surface area contributed by atoms with Gasteiger partial charge in [-0.1, -0.05) is 56.3 Å². The zero-order chi connectivity index (χ0) is 20.9. The molecule has 2 aromatic rings. The van der Waals surface area contributed by atoms with Gasteiger partial charge in [-0.05, 0) is 55.4 Å². The van der Waals surface area contributed by atoms with E-state index in [1.165, 1.54) is 5.56 Å². The number of carbonyl (C=O) groups is 1. The van der Waals surface area contributed by atoms with Crippen LogP contribution >= 0.6 is 0 Å². The van der Waals surface area contributed by atoms with Gasteiger partial charge in [-0.15, -0.1) is 0 Å². The van der Waals surface area contributed by atoms with Gasteiger partial charge in [0.15, 0.2) is 6.10 Å². The summed E-state index contributed by atoms with van der Waals surface area (Å²) in [4.78, 5) is 12.9. The lowest BCUT2D eigenvalue weighted by molar-refractivity contribution is -0.127. The van der Waals surface area contributed by atoms with E-state index in [2.05, 4.69) is 55.6 Å². The molecule has 0 radical (unpaired) electrons. The molecule has 1 aliphatic heterocycles. The number of hydrogen-bond donors (Lipinski definition) is 1. The van der Waals surface area contributed by atoms with E-state index in [4.69, 9.17) is 9.47 Å². The second-order valence-electron chi connectivity index (χ2n) is 8.43. The predicted molar refractivity (Wildman–Crippen MR) is 117 cm³/mol. The zero-order valence-electron chi connectivity index (χ0n) is 18.0. The Morgan fingerprint density at radius 2 is 1.79 bits per heavy atom. The number of amides is 1. The summed E-state index contributed by atoms with van der Waals surface area (Å²) in [6.45, 7) is 10.2. The van der Waals surface area contributed by atoms with E-state index in [0.717, 1.165) is 42.9 Å². The fraction of sp³-hybridized carbons (Fsp3) is 0.480. The van der Waals surface area contributed by atoms with Gasteiger partial charge in [0.2, 0.25) is 0 Å². The Labute approximate surface area is 174 Å². The lowest BCUT2D eigenvalue weighted by atomic mass is 9.74. The Kier molecular flexibility index (Phi) is 6.96. The molecule has 156 valence electrons. The topological polar surface area (TPSA) is 47.6 Å². The van der Waals surface area contributed by atoms with Gasteiger partial charge < -0.3 is 14.8 Å². The summed E-state index contributed by atoms with van der Waals surface area (Å²) in [7, 11) is 0. The maximum absolute atomic E-state index is 12.9. The largest absolute Gasteiger partial charge is 0.481 e. The van der Waals surface area contributed by atoms with Crippen molar-refractivity contribution in [3.05, 3.63) is 65.2 Å². The van der Waals surface area contributed by atoms with Gasteiger partial charge in [0.1, 0.15) is 5.75 Å². The van der Waals surface area contributed by atoms with E-state index >= 15 is 0 Å². The lowest BCUT2D eigenvalue weighted by Gasteiger charge is -2.38. The predicted octanol–water partition coefficient (Wildman–Crippen LogP) is 4.75. The van der Waals surface area contributed by atoms with Crippen molar-refractivity contribution in [2.75, 3.05) is 19.8 Å². The standard InChI is InChI=1S/C25H33NO3/c1-18(2)22-11-10-19(3)16-23(22)29-20(4)24(27)26-17-25(12-14-28-15-13-25)21-8-6-5-7-9-21/h5-11,16,18,20H,12-15,17H2,1-4H3,(H,26,27)/t20-/m0/s1. The molecule has 0 spiro atoms. The zero-order valence-corrected chi connectivity index (χ0v) is 18.0. The second-order valence-corrected chi connectivity index (χ2v) is 8.43. The first-order valence-corrected chi connectivity index (χ1v) is 10.6. The highest BCUT2D eigenvalue weighted by atomic mass is 16.5. The molecule has 1 atom stereocenters. The molecule has 1 aliphatic rings. The van der Waals surface area contributed by atoms with E-state index in [1.54, 1.807) is 0 Å². The summed E-state index contributed by atoms with van der Waals surface area (Å²) in [5, 5.41) is 3.16. The van der Waals surface area contributed by atoms with Crippen LogP contribution in [0.2, 0.25) is 0 Å². The van der Waals surface area contributed by atoms with Gasteiger partial charge in [-0.25, -0.2) is 0 Å². The molecule has 0 bridgehead atoms. The summed E-state index contributed by atoms with van der Waals surface area (Å²) in [6.07, 6.45) is 1.26. The van der Waals surface area contributed by atoms with Crippen molar-refractivity contribution < 1.29 is 14.3 Å². The van der Waals surface area contributed by atoms with Crippen molar-refractivity contribution in [3.63, 3.8) is 0 Å². The fourth-order valence-corrected chi connectivity index (χ4v) is 3.99. The molecule has 29 heavy (non-hydrogen) atoms. The summed E-state index contributed by atoms with van der Waals surface area (Å²) >= 11 is 0. The maximum Gasteiger partial charge on any atom is 0.260 e. The molecule has 1 N–H and O–H groups in total. The average molecular weight is 396 g/mol. The third-order valence-electron chi connectivity index (χ3n) is 5.90. The molecule has 1 saturated heterocycles. The van der Waals surface area contributed by atoms with Crippen molar-refractivity contribution >= 4 is 5.91 Å². The number of rotatable bonds is 7. The first kappa shape index (κ1) is 21.4. The summed E-state index contributed by atoms with van der Waals surface area (Å²) < 4.78 is 11.7. The normalized spacial score (nSPS) is 17.0. The third-order valence-corrected chi connectivity index (χ3v) is 5.90. The first-order valence-electron chi connectivity index (χ1n) is 10.6. The molecule has 0 saturated carbocycles. The Morgan fingerprint density at radius 3 is 2.45 bits per heavy atom. The van der Waals surface area contributed by atoms with E-state index in [1.807, 2.05) is 26.0 Å². The molecule has 3 rings (SSSR count). The molecule has 1 heterocycles. The van der Waals surface area contributed by atoms with Gasteiger partial charge in [0.25, 0.3) is 5.91 Å². The molecule has 4 nitrogen and oxygen atoms in total. The molecule has 0 aliphatic carbocycles. The van der Waals surface area contributed by atoms with Crippen molar-refractivity contribution in [1.29, 1.82) is 0 Å². The third kappa shape index (κ3) is 5.18. The first-order chi connectivity index (χ1) is 13.9. The average Bonchev–Trinajstić information content (AvgIpc) is 2.73. The minimum Gasteiger partial charge on any atom is -0.481 e. The molecule has 4 heteroatoms. The van der Waals surface area contributed by atoms with E-state index in [9.17, 15) is 4.79 Å². The van der Waals surface area contributed by atoms with E-state index < -0.39 is 6.10 Å². The van der Waals surface area contributed by atoms with Crippen molar-refractivity contribution in [1.82, 2.24) is 5.32 Å². The van der Waals surface area contributed by atoms with Gasteiger partial charge >= 0.3 is 0 Å². The Balaban J connectivity index is 1.69. The molecule has 0 aromatic heterocycles. The SMILES string of the molecule is Cc1ccc(C(C)C)c(O[C@@H](C)C(=O)NCC2(c3ccccc3)CCOCC2)c1. The summed E-state index contributed by atoms with van der Waals surface area (Å²) in [5.41, 5.74) is 3.43. The minimum absolute atomic E-state index is 0.0805. The van der Waals surface area contributed by atoms with Gasteiger partial charge in [-0.2, -0.15) is 0 Å². The van der Waals surface area contributed by atoms with Gasteiger partial charge in [0.05, 0.1) is 0 Å². The van der Waals surface area contributed by atoms with Gasteiger partial charge in [-0.3, -0.25) is 4.79 Å². The monoisotopic (exact) mass is 395 g/mol.